The van der Waals surface area contributed by atoms with E-state index in [2.05, 4.69) is 39.2 Å². The molecule has 8 nitrogen and oxygen atoms in total. The number of hydrogen-bond donors (Lipinski definition) is 1. The van der Waals surface area contributed by atoms with Crippen LogP contribution in [-0.4, -0.2) is 45.1 Å². The van der Waals surface area contributed by atoms with Crippen LogP contribution in [0.1, 0.15) is 49.0 Å². The molecule has 4 rings (SSSR count). The fourth-order valence-electron chi connectivity index (χ4n) is 3.60. The molecule has 27 heavy (non-hydrogen) atoms. The standard InChI is InChI=1S/C19H24N6O2/c1-13(2)16-22-23-18-17(20-7-9-25(16)18)24-8-3-5-14(12-24)11-21-19(26)15-6-4-10-27-15/h4,6-7,9-10,13-14H,3,5,8,11-12H2,1-2H3,(H,21,26). The lowest BCUT2D eigenvalue weighted by Crippen LogP contribution is -2.41. The molecule has 0 spiro atoms. The summed E-state index contributed by atoms with van der Waals surface area (Å²) in [6, 6.07) is 3.39. The van der Waals surface area contributed by atoms with Gasteiger partial charge in [0, 0.05) is 37.9 Å². The van der Waals surface area contributed by atoms with E-state index in [0.29, 0.717) is 24.1 Å². The SMILES string of the molecule is CC(C)c1nnc2c(N3CCCC(CNC(=O)c4ccco4)C3)nccn12. The van der Waals surface area contributed by atoms with Crippen molar-refractivity contribution in [2.45, 2.75) is 32.6 Å². The molecule has 1 unspecified atom stereocenters. The van der Waals surface area contributed by atoms with E-state index < -0.39 is 0 Å². The molecule has 1 amide bonds. The number of amides is 1. The van der Waals surface area contributed by atoms with Gasteiger partial charge in [-0.1, -0.05) is 13.8 Å². The highest BCUT2D eigenvalue weighted by Crippen LogP contribution is 2.25. The third kappa shape index (κ3) is 3.51. The van der Waals surface area contributed by atoms with Crippen LogP contribution in [0.5, 0.6) is 0 Å². The van der Waals surface area contributed by atoms with Crippen LogP contribution in [0.15, 0.2) is 35.2 Å². The number of carbonyl (C=O) groups is 1. The molecular weight excluding hydrogens is 344 g/mol. The van der Waals surface area contributed by atoms with Crippen molar-refractivity contribution in [1.82, 2.24) is 24.9 Å². The second-order valence-electron chi connectivity index (χ2n) is 7.30. The first-order valence-corrected chi connectivity index (χ1v) is 9.39. The minimum absolute atomic E-state index is 0.170. The van der Waals surface area contributed by atoms with Crippen LogP contribution in [0.4, 0.5) is 5.82 Å². The van der Waals surface area contributed by atoms with Crippen molar-refractivity contribution < 1.29 is 9.21 Å². The van der Waals surface area contributed by atoms with E-state index >= 15 is 0 Å². The lowest BCUT2D eigenvalue weighted by molar-refractivity contribution is 0.0918. The van der Waals surface area contributed by atoms with Gasteiger partial charge in [-0.3, -0.25) is 9.20 Å². The molecule has 0 bridgehead atoms. The van der Waals surface area contributed by atoms with Crippen LogP contribution in [0.2, 0.25) is 0 Å². The number of carbonyl (C=O) groups excluding carboxylic acids is 1. The minimum atomic E-state index is -0.170. The van der Waals surface area contributed by atoms with Crippen molar-refractivity contribution >= 4 is 17.4 Å². The van der Waals surface area contributed by atoms with Gasteiger partial charge in [-0.25, -0.2) is 4.98 Å². The predicted octanol–water partition coefficient (Wildman–Crippen LogP) is 2.49. The lowest BCUT2D eigenvalue weighted by Gasteiger charge is -2.33. The molecule has 3 aromatic heterocycles. The van der Waals surface area contributed by atoms with Crippen molar-refractivity contribution in [3.63, 3.8) is 0 Å². The van der Waals surface area contributed by atoms with Crippen LogP contribution in [0.3, 0.4) is 0 Å². The molecular formula is C19H24N6O2. The maximum absolute atomic E-state index is 12.1. The number of furan rings is 1. The minimum Gasteiger partial charge on any atom is -0.459 e. The Labute approximate surface area is 157 Å². The second-order valence-corrected chi connectivity index (χ2v) is 7.30. The Morgan fingerprint density at radius 1 is 1.41 bits per heavy atom. The Bertz CT molecular complexity index is 918. The summed E-state index contributed by atoms with van der Waals surface area (Å²) < 4.78 is 7.17. The van der Waals surface area contributed by atoms with Gasteiger partial charge in [0.05, 0.1) is 6.26 Å². The zero-order valence-electron chi connectivity index (χ0n) is 15.6. The van der Waals surface area contributed by atoms with Gasteiger partial charge >= 0.3 is 0 Å². The molecule has 0 aromatic carbocycles. The van der Waals surface area contributed by atoms with Crippen molar-refractivity contribution in [2.24, 2.45) is 5.92 Å². The molecule has 3 aromatic rings. The Morgan fingerprint density at radius 2 is 2.30 bits per heavy atom. The summed E-state index contributed by atoms with van der Waals surface area (Å²) in [7, 11) is 0. The van der Waals surface area contributed by atoms with E-state index in [1.54, 1.807) is 18.3 Å². The summed E-state index contributed by atoms with van der Waals surface area (Å²) in [4.78, 5) is 18.9. The van der Waals surface area contributed by atoms with E-state index in [-0.39, 0.29) is 5.91 Å². The van der Waals surface area contributed by atoms with Crippen molar-refractivity contribution in [2.75, 3.05) is 24.5 Å². The Morgan fingerprint density at radius 3 is 3.07 bits per heavy atom. The molecule has 1 aliphatic rings. The van der Waals surface area contributed by atoms with Gasteiger partial charge in [-0.15, -0.1) is 10.2 Å². The highest BCUT2D eigenvalue weighted by molar-refractivity contribution is 5.91. The van der Waals surface area contributed by atoms with E-state index in [0.717, 1.165) is 43.2 Å². The van der Waals surface area contributed by atoms with Gasteiger partial charge in [0.2, 0.25) is 5.65 Å². The van der Waals surface area contributed by atoms with Crippen LogP contribution >= 0.6 is 0 Å². The number of piperidine rings is 1. The molecule has 1 saturated heterocycles. The molecule has 1 fully saturated rings. The van der Waals surface area contributed by atoms with Crippen molar-refractivity contribution in [1.29, 1.82) is 0 Å². The molecule has 0 radical (unpaired) electrons. The average Bonchev–Trinajstić information content (AvgIpc) is 3.35. The predicted molar refractivity (Wildman–Crippen MR) is 101 cm³/mol. The van der Waals surface area contributed by atoms with E-state index in [1.807, 2.05) is 10.6 Å². The normalized spacial score (nSPS) is 17.6. The number of hydrogen-bond acceptors (Lipinski definition) is 6. The summed E-state index contributed by atoms with van der Waals surface area (Å²) in [6.45, 7) is 6.58. The van der Waals surface area contributed by atoms with Crippen molar-refractivity contribution in [3.8, 4) is 0 Å². The van der Waals surface area contributed by atoms with Gasteiger partial charge in [-0.2, -0.15) is 0 Å². The molecule has 8 heteroatoms. The number of nitrogens with zero attached hydrogens (tertiary/aromatic N) is 5. The van der Waals surface area contributed by atoms with Gasteiger partial charge in [0.25, 0.3) is 5.91 Å². The first kappa shape index (κ1) is 17.5. The van der Waals surface area contributed by atoms with E-state index in [9.17, 15) is 4.79 Å². The number of anilines is 1. The van der Waals surface area contributed by atoms with Crippen molar-refractivity contribution in [3.05, 3.63) is 42.4 Å². The summed E-state index contributed by atoms with van der Waals surface area (Å²) in [6.07, 6.45) is 7.35. The lowest BCUT2D eigenvalue weighted by atomic mass is 9.98. The van der Waals surface area contributed by atoms with Gasteiger partial charge < -0.3 is 14.6 Å². The maximum Gasteiger partial charge on any atom is 0.286 e. The average molecular weight is 368 g/mol. The molecule has 1 N–H and O–H groups in total. The third-order valence-corrected chi connectivity index (χ3v) is 4.97. The van der Waals surface area contributed by atoms with Crippen LogP contribution < -0.4 is 10.2 Å². The number of nitrogens with one attached hydrogen (secondary N) is 1. The second kappa shape index (κ2) is 7.38. The number of rotatable bonds is 5. The molecule has 1 atom stereocenters. The Kier molecular flexibility index (Phi) is 4.79. The highest BCUT2D eigenvalue weighted by Gasteiger charge is 2.25. The van der Waals surface area contributed by atoms with E-state index in [4.69, 9.17) is 4.42 Å². The number of fused-ring (bicyclic) bond motifs is 1. The molecule has 0 saturated carbocycles. The van der Waals surface area contributed by atoms with Gasteiger partial charge in [0.1, 0.15) is 5.82 Å². The summed E-state index contributed by atoms with van der Waals surface area (Å²) in [5.74, 6) is 2.62. The largest absolute Gasteiger partial charge is 0.459 e. The molecule has 0 aliphatic carbocycles. The summed E-state index contributed by atoms with van der Waals surface area (Å²) in [5.41, 5.74) is 0.793. The van der Waals surface area contributed by atoms with Gasteiger partial charge in [-0.05, 0) is 30.9 Å². The first-order valence-electron chi connectivity index (χ1n) is 9.39. The monoisotopic (exact) mass is 368 g/mol. The Balaban J connectivity index is 1.47. The smallest absolute Gasteiger partial charge is 0.286 e. The summed E-state index contributed by atoms with van der Waals surface area (Å²) >= 11 is 0. The summed E-state index contributed by atoms with van der Waals surface area (Å²) in [5, 5.41) is 11.7. The Hall–Kier alpha value is -2.90. The molecule has 1 aliphatic heterocycles. The van der Waals surface area contributed by atoms with Crippen LogP contribution in [-0.2, 0) is 0 Å². The quantitative estimate of drug-likeness (QED) is 0.744. The first-order chi connectivity index (χ1) is 13.1. The molecule has 142 valence electrons. The zero-order chi connectivity index (χ0) is 18.8. The van der Waals surface area contributed by atoms with Crippen LogP contribution in [0, 0.1) is 5.92 Å². The maximum atomic E-state index is 12.1. The van der Waals surface area contributed by atoms with Crippen LogP contribution in [0.25, 0.3) is 5.65 Å². The molecule has 4 heterocycles. The zero-order valence-corrected chi connectivity index (χ0v) is 15.6. The topological polar surface area (TPSA) is 88.6 Å². The fraction of sp³-hybridized carbons (Fsp3) is 0.474. The van der Waals surface area contributed by atoms with E-state index in [1.165, 1.54) is 6.26 Å². The third-order valence-electron chi connectivity index (χ3n) is 4.97. The fourth-order valence-corrected chi connectivity index (χ4v) is 3.60. The van der Waals surface area contributed by atoms with Gasteiger partial charge in [0.15, 0.2) is 11.6 Å². The highest BCUT2D eigenvalue weighted by atomic mass is 16.3. The number of aromatic nitrogens is 4.